The number of hydrogen-bond donors (Lipinski definition) is 1. The van der Waals surface area contributed by atoms with Crippen LogP contribution in [0.25, 0.3) is 0 Å². The molecule has 0 bridgehead atoms. The number of phosphoric acid groups is 1. The molecule has 0 aromatic rings. The van der Waals surface area contributed by atoms with Gasteiger partial charge in [-0.3, -0.25) is 23.4 Å². The van der Waals surface area contributed by atoms with Crippen LogP contribution in [-0.4, -0.2) is 80.7 Å². The lowest BCUT2D eigenvalue weighted by molar-refractivity contribution is -0.870. The van der Waals surface area contributed by atoms with Crippen LogP contribution < -0.4 is 0 Å². The Hall–Kier alpha value is -2.62. The summed E-state index contributed by atoms with van der Waals surface area (Å²) in [6, 6.07) is 0. The Morgan fingerprint density at radius 1 is 0.618 bits per heavy atom. The molecule has 1 N–H and O–H groups in total. The molecular formula is C44H77NO9P+. The number of ether oxygens (including phenoxy) is 2. The van der Waals surface area contributed by atoms with Crippen LogP contribution in [0.4, 0.5) is 0 Å². The van der Waals surface area contributed by atoms with Gasteiger partial charge in [0.2, 0.25) is 0 Å². The van der Waals surface area contributed by atoms with Crippen molar-refractivity contribution >= 4 is 25.5 Å². The molecule has 0 aliphatic heterocycles. The monoisotopic (exact) mass is 795 g/mol. The number of carbonyl (C=O) groups excluding carboxylic acids is 3. The summed E-state index contributed by atoms with van der Waals surface area (Å²) in [5.41, 5.74) is 0. The number of esters is 2. The van der Waals surface area contributed by atoms with Crippen LogP contribution in [-0.2, 0) is 37.5 Å². The van der Waals surface area contributed by atoms with Crippen molar-refractivity contribution in [3.8, 4) is 0 Å². The first-order valence-corrected chi connectivity index (χ1v) is 22.5. The minimum Gasteiger partial charge on any atom is -0.462 e. The normalized spacial score (nSPS) is 14.1. The van der Waals surface area contributed by atoms with E-state index >= 15 is 0 Å². The summed E-state index contributed by atoms with van der Waals surface area (Å²) in [6.45, 7) is 4.11. The van der Waals surface area contributed by atoms with E-state index in [0.717, 1.165) is 83.5 Å². The molecule has 316 valence electrons. The van der Waals surface area contributed by atoms with E-state index in [2.05, 4.69) is 56.4 Å². The molecule has 11 heteroatoms. The molecule has 10 nitrogen and oxygen atoms in total. The molecule has 0 aliphatic carbocycles. The van der Waals surface area contributed by atoms with Gasteiger partial charge in [-0.15, -0.1) is 0 Å². The van der Waals surface area contributed by atoms with E-state index in [1.165, 1.54) is 19.3 Å². The average molecular weight is 795 g/mol. The molecule has 55 heavy (non-hydrogen) atoms. The van der Waals surface area contributed by atoms with Crippen molar-refractivity contribution in [2.24, 2.45) is 0 Å². The lowest BCUT2D eigenvalue weighted by Crippen LogP contribution is -2.37. The van der Waals surface area contributed by atoms with Gasteiger partial charge in [-0.05, 0) is 76.7 Å². The van der Waals surface area contributed by atoms with Gasteiger partial charge >= 0.3 is 19.8 Å². The van der Waals surface area contributed by atoms with E-state index in [0.29, 0.717) is 30.3 Å². The lowest BCUT2D eigenvalue weighted by Gasteiger charge is -2.24. The molecule has 0 aliphatic rings. The van der Waals surface area contributed by atoms with Crippen LogP contribution in [0.1, 0.15) is 149 Å². The van der Waals surface area contributed by atoms with Crippen molar-refractivity contribution < 1.29 is 46.8 Å². The van der Waals surface area contributed by atoms with Crippen molar-refractivity contribution in [3.05, 3.63) is 60.8 Å². The second kappa shape index (κ2) is 35.8. The number of allylic oxidation sites excluding steroid dienone is 10. The molecule has 0 radical (unpaired) electrons. The van der Waals surface area contributed by atoms with Crippen molar-refractivity contribution in [2.45, 2.75) is 155 Å². The number of unbranched alkanes of at least 4 members (excludes halogenated alkanes) is 12. The summed E-state index contributed by atoms with van der Waals surface area (Å²) in [7, 11) is 1.39. The zero-order valence-electron chi connectivity index (χ0n) is 35.1. The topological polar surface area (TPSA) is 125 Å². The number of ketones is 1. The zero-order valence-corrected chi connectivity index (χ0v) is 36.0. The molecule has 0 saturated heterocycles. The van der Waals surface area contributed by atoms with Gasteiger partial charge in [-0.1, -0.05) is 113 Å². The molecular weight excluding hydrogens is 717 g/mol. The van der Waals surface area contributed by atoms with Crippen LogP contribution in [0, 0.1) is 0 Å². The summed E-state index contributed by atoms with van der Waals surface area (Å²) < 4.78 is 34.1. The van der Waals surface area contributed by atoms with E-state index in [4.69, 9.17) is 18.5 Å². The van der Waals surface area contributed by atoms with Gasteiger partial charge in [0.05, 0.1) is 27.7 Å². The van der Waals surface area contributed by atoms with Gasteiger partial charge in [0, 0.05) is 19.3 Å². The Labute approximate surface area is 334 Å². The van der Waals surface area contributed by atoms with Gasteiger partial charge in [0.15, 0.2) is 11.9 Å². The molecule has 0 aromatic carbocycles. The fourth-order valence-electron chi connectivity index (χ4n) is 5.12. The van der Waals surface area contributed by atoms with Crippen molar-refractivity contribution in [1.82, 2.24) is 0 Å². The van der Waals surface area contributed by atoms with Gasteiger partial charge in [-0.2, -0.15) is 0 Å². The van der Waals surface area contributed by atoms with E-state index in [1.807, 2.05) is 33.3 Å². The molecule has 0 fully saturated rings. The number of likely N-dealkylation sites (N-methyl/N-ethyl adjacent to an activating group) is 1. The Morgan fingerprint density at radius 3 is 1.82 bits per heavy atom. The van der Waals surface area contributed by atoms with Gasteiger partial charge in [0.25, 0.3) is 0 Å². The standard InChI is InChI=1S/C44H76NO9P/c1-6-8-10-11-12-13-14-15-16-17-18-21-25-28-32-36-44(48)54-42(40-53-55(49,50)52-38-37-45(3,4)5)39-51-43(47)35-31-27-24-22-19-20-23-26-30-34-41(46)33-29-9-7-2/h12-13,15-16,18,21,23,26,30,34,42H,6-11,14,17,19-20,22,24-25,27-29,31-33,35-40H2,1-5H3/p+1/b13-12-,16-15-,21-18-,26-23-,34-30+/t42-/m1/s1. The second-order valence-corrected chi connectivity index (χ2v) is 16.5. The summed E-state index contributed by atoms with van der Waals surface area (Å²) in [5, 5.41) is 0. The van der Waals surface area contributed by atoms with Crippen LogP contribution in [0.3, 0.4) is 0 Å². The quantitative estimate of drug-likeness (QED) is 0.0124. The molecule has 0 heterocycles. The van der Waals surface area contributed by atoms with Crippen LogP contribution in [0.15, 0.2) is 60.8 Å². The highest BCUT2D eigenvalue weighted by molar-refractivity contribution is 7.47. The lowest BCUT2D eigenvalue weighted by atomic mass is 10.1. The fraction of sp³-hybridized carbons (Fsp3) is 0.705. The third-order valence-electron chi connectivity index (χ3n) is 8.50. The first-order chi connectivity index (χ1) is 26.4. The number of hydrogen-bond acceptors (Lipinski definition) is 8. The average Bonchev–Trinajstić information content (AvgIpc) is 3.12. The van der Waals surface area contributed by atoms with Gasteiger partial charge in [-0.25, -0.2) is 4.57 Å². The maximum atomic E-state index is 12.6. The Balaban J connectivity index is 4.54. The molecule has 0 rings (SSSR count). The smallest absolute Gasteiger partial charge is 0.462 e. The van der Waals surface area contributed by atoms with Gasteiger partial charge in [0.1, 0.15) is 19.8 Å². The molecule has 1 unspecified atom stereocenters. The highest BCUT2D eigenvalue weighted by Crippen LogP contribution is 2.43. The summed E-state index contributed by atoms with van der Waals surface area (Å²) in [6.07, 6.45) is 38.2. The van der Waals surface area contributed by atoms with Crippen molar-refractivity contribution in [1.29, 1.82) is 0 Å². The Bertz CT molecular complexity index is 1190. The van der Waals surface area contributed by atoms with Crippen molar-refractivity contribution in [3.63, 3.8) is 0 Å². The van der Waals surface area contributed by atoms with Crippen LogP contribution >= 0.6 is 7.82 Å². The number of rotatable bonds is 37. The van der Waals surface area contributed by atoms with Gasteiger partial charge < -0.3 is 18.9 Å². The molecule has 0 amide bonds. The summed E-state index contributed by atoms with van der Waals surface area (Å²) in [4.78, 5) is 47.0. The van der Waals surface area contributed by atoms with Crippen molar-refractivity contribution in [2.75, 3.05) is 47.5 Å². The Kier molecular flexibility index (Phi) is 34.1. The molecule has 2 atom stereocenters. The maximum Gasteiger partial charge on any atom is 0.472 e. The Morgan fingerprint density at radius 2 is 1.15 bits per heavy atom. The predicted molar refractivity (Wildman–Crippen MR) is 224 cm³/mol. The molecule has 0 aromatic heterocycles. The summed E-state index contributed by atoms with van der Waals surface area (Å²) >= 11 is 0. The van der Waals surface area contributed by atoms with E-state index in [1.54, 1.807) is 6.08 Å². The molecule has 0 spiro atoms. The molecule has 0 saturated carbocycles. The summed E-state index contributed by atoms with van der Waals surface area (Å²) in [5.74, 6) is -0.735. The van der Waals surface area contributed by atoms with E-state index in [9.17, 15) is 23.8 Å². The minimum atomic E-state index is -4.40. The predicted octanol–water partition coefficient (Wildman–Crippen LogP) is 10.9. The highest BCUT2D eigenvalue weighted by atomic mass is 31.2. The third kappa shape index (κ3) is 39.4. The number of phosphoric ester groups is 1. The second-order valence-electron chi connectivity index (χ2n) is 15.1. The van der Waals surface area contributed by atoms with E-state index < -0.39 is 32.5 Å². The SMILES string of the molecule is CCCCC/C=C\C/C=C\C/C=C\CCCCC(=O)O[C@H](COC(=O)CCCCCCC/C=C\C=C\C(=O)CCCCC)COP(=O)(O)OCC[N+](C)(C)C. The number of quaternary nitrogens is 1. The first kappa shape index (κ1) is 52.4. The van der Waals surface area contributed by atoms with E-state index in [-0.39, 0.29) is 31.8 Å². The minimum absolute atomic E-state index is 0.00739. The highest BCUT2D eigenvalue weighted by Gasteiger charge is 2.27. The largest absolute Gasteiger partial charge is 0.472 e. The third-order valence-corrected chi connectivity index (χ3v) is 9.48. The van der Waals surface area contributed by atoms with Crippen LogP contribution in [0.5, 0.6) is 0 Å². The number of carbonyl (C=O) groups is 3. The maximum absolute atomic E-state index is 12.6. The fourth-order valence-corrected chi connectivity index (χ4v) is 5.86. The first-order valence-electron chi connectivity index (χ1n) is 21.0. The zero-order chi connectivity index (χ0) is 40.9. The van der Waals surface area contributed by atoms with Crippen LogP contribution in [0.2, 0.25) is 0 Å². The number of nitrogens with zero attached hydrogens (tertiary/aromatic N) is 1.